The molecule has 0 bridgehead atoms. The van der Waals surface area contributed by atoms with Crippen molar-refractivity contribution < 1.29 is 0 Å². The largest absolute Gasteiger partial charge is 0.304 e. The van der Waals surface area contributed by atoms with Gasteiger partial charge in [-0.25, -0.2) is 5.01 Å². The van der Waals surface area contributed by atoms with Crippen LogP contribution in [0.15, 0.2) is 0 Å². The molecule has 1 saturated carbocycles. The molecule has 2 fully saturated rings. The number of hydrazine groups is 1. The Hall–Kier alpha value is -0.120. The molecule has 0 amide bonds. The Morgan fingerprint density at radius 3 is 2.50 bits per heavy atom. The molecule has 2 rings (SSSR count). The van der Waals surface area contributed by atoms with Crippen molar-refractivity contribution in [3.05, 3.63) is 0 Å². The Labute approximate surface area is 113 Å². The van der Waals surface area contributed by atoms with Gasteiger partial charge < -0.3 is 4.90 Å². The summed E-state index contributed by atoms with van der Waals surface area (Å²) < 4.78 is 0. The van der Waals surface area contributed by atoms with Gasteiger partial charge in [-0.05, 0) is 32.2 Å². The van der Waals surface area contributed by atoms with Gasteiger partial charge in [0.25, 0.3) is 0 Å². The number of hydrogen-bond donors (Lipinski definition) is 1. The molecule has 2 unspecified atom stereocenters. The molecule has 3 nitrogen and oxygen atoms in total. The predicted molar refractivity (Wildman–Crippen MR) is 77.5 cm³/mol. The third kappa shape index (κ3) is 4.52. The van der Waals surface area contributed by atoms with Gasteiger partial charge in [-0.1, -0.05) is 32.6 Å². The monoisotopic (exact) mass is 253 g/mol. The molecule has 2 atom stereocenters. The highest BCUT2D eigenvalue weighted by atomic mass is 15.5. The normalized spacial score (nSPS) is 32.3. The third-order valence-electron chi connectivity index (χ3n) is 4.65. The van der Waals surface area contributed by atoms with Crippen molar-refractivity contribution in [1.29, 1.82) is 0 Å². The van der Waals surface area contributed by atoms with E-state index in [1.165, 1.54) is 71.1 Å². The van der Waals surface area contributed by atoms with Crippen molar-refractivity contribution in [2.24, 2.45) is 5.92 Å². The molecule has 1 N–H and O–H groups in total. The van der Waals surface area contributed by atoms with Gasteiger partial charge in [0.1, 0.15) is 0 Å². The second-order valence-corrected chi connectivity index (χ2v) is 6.28. The lowest BCUT2D eigenvalue weighted by atomic mass is 9.95. The first-order valence-electron chi connectivity index (χ1n) is 7.97. The minimum Gasteiger partial charge on any atom is -0.304 e. The Kier molecular flexibility index (Phi) is 5.93. The van der Waals surface area contributed by atoms with E-state index in [-0.39, 0.29) is 0 Å². The van der Waals surface area contributed by atoms with Crippen molar-refractivity contribution in [3.63, 3.8) is 0 Å². The first-order valence-corrected chi connectivity index (χ1v) is 7.97. The van der Waals surface area contributed by atoms with Crippen LogP contribution in [0.5, 0.6) is 0 Å². The molecular weight excluding hydrogens is 222 g/mol. The van der Waals surface area contributed by atoms with Crippen LogP contribution in [0, 0.1) is 5.92 Å². The van der Waals surface area contributed by atoms with Crippen LogP contribution in [0.2, 0.25) is 0 Å². The van der Waals surface area contributed by atoms with Gasteiger partial charge in [-0.3, -0.25) is 5.43 Å². The standard InChI is InChI=1S/C15H31N3/c1-3-5-14-6-4-7-15(9-8-14)16-18-12-10-17(2)11-13-18/h14-16H,3-13H2,1-2H3. The highest BCUT2D eigenvalue weighted by molar-refractivity contribution is 4.76. The lowest BCUT2D eigenvalue weighted by Gasteiger charge is -2.35. The van der Waals surface area contributed by atoms with Crippen LogP contribution in [0.1, 0.15) is 51.9 Å². The SMILES string of the molecule is CCCC1CCCC(NN2CCN(C)CC2)CC1. The van der Waals surface area contributed by atoms with E-state index in [0.29, 0.717) is 0 Å². The van der Waals surface area contributed by atoms with E-state index in [1.54, 1.807) is 0 Å². The molecule has 0 aromatic rings. The minimum absolute atomic E-state index is 0.746. The molecule has 0 radical (unpaired) electrons. The van der Waals surface area contributed by atoms with Gasteiger partial charge >= 0.3 is 0 Å². The predicted octanol–water partition coefficient (Wildman–Crippen LogP) is 2.49. The Balaban J connectivity index is 1.70. The molecule has 1 heterocycles. The number of likely N-dealkylation sites (N-methyl/N-ethyl adjacent to an activating group) is 1. The maximum atomic E-state index is 3.79. The van der Waals surface area contributed by atoms with Gasteiger partial charge in [-0.2, -0.15) is 0 Å². The fourth-order valence-electron chi connectivity index (χ4n) is 3.40. The van der Waals surface area contributed by atoms with Crippen molar-refractivity contribution in [2.75, 3.05) is 33.2 Å². The van der Waals surface area contributed by atoms with Crippen molar-refractivity contribution in [1.82, 2.24) is 15.3 Å². The van der Waals surface area contributed by atoms with Crippen LogP contribution >= 0.6 is 0 Å². The first kappa shape index (κ1) is 14.3. The molecule has 106 valence electrons. The molecule has 1 saturated heterocycles. The zero-order chi connectivity index (χ0) is 12.8. The van der Waals surface area contributed by atoms with Crippen LogP contribution in [0.25, 0.3) is 0 Å². The summed E-state index contributed by atoms with van der Waals surface area (Å²) >= 11 is 0. The summed E-state index contributed by atoms with van der Waals surface area (Å²) in [5.74, 6) is 1.01. The second kappa shape index (κ2) is 7.46. The average molecular weight is 253 g/mol. The maximum absolute atomic E-state index is 3.79. The van der Waals surface area contributed by atoms with E-state index in [4.69, 9.17) is 0 Å². The van der Waals surface area contributed by atoms with Crippen LogP contribution in [-0.2, 0) is 0 Å². The number of nitrogens with one attached hydrogen (secondary N) is 1. The maximum Gasteiger partial charge on any atom is 0.0259 e. The molecule has 1 aliphatic heterocycles. The highest BCUT2D eigenvalue weighted by Gasteiger charge is 2.21. The van der Waals surface area contributed by atoms with Gasteiger partial charge in [0, 0.05) is 32.2 Å². The molecule has 18 heavy (non-hydrogen) atoms. The Bertz CT molecular complexity index is 224. The zero-order valence-electron chi connectivity index (χ0n) is 12.3. The summed E-state index contributed by atoms with van der Waals surface area (Å²) in [4.78, 5) is 2.42. The van der Waals surface area contributed by atoms with E-state index in [0.717, 1.165) is 12.0 Å². The smallest absolute Gasteiger partial charge is 0.0259 e. The van der Waals surface area contributed by atoms with Crippen LogP contribution < -0.4 is 5.43 Å². The fraction of sp³-hybridized carbons (Fsp3) is 1.00. The Morgan fingerprint density at radius 1 is 1.00 bits per heavy atom. The summed E-state index contributed by atoms with van der Waals surface area (Å²) in [6.07, 6.45) is 9.91. The highest BCUT2D eigenvalue weighted by Crippen LogP contribution is 2.26. The molecule has 3 heteroatoms. The van der Waals surface area contributed by atoms with Crippen LogP contribution in [-0.4, -0.2) is 49.2 Å². The number of hydrogen-bond acceptors (Lipinski definition) is 3. The van der Waals surface area contributed by atoms with E-state index >= 15 is 0 Å². The summed E-state index contributed by atoms with van der Waals surface area (Å²) in [7, 11) is 2.22. The third-order valence-corrected chi connectivity index (χ3v) is 4.65. The fourth-order valence-corrected chi connectivity index (χ4v) is 3.40. The molecule has 2 aliphatic rings. The molecular formula is C15H31N3. The van der Waals surface area contributed by atoms with Crippen molar-refractivity contribution in [3.8, 4) is 0 Å². The number of piperazine rings is 1. The van der Waals surface area contributed by atoms with E-state index in [9.17, 15) is 0 Å². The van der Waals surface area contributed by atoms with E-state index in [2.05, 4.69) is 29.3 Å². The first-order chi connectivity index (χ1) is 8.78. The van der Waals surface area contributed by atoms with Gasteiger partial charge in [0.2, 0.25) is 0 Å². The van der Waals surface area contributed by atoms with Crippen molar-refractivity contribution >= 4 is 0 Å². The quantitative estimate of drug-likeness (QED) is 0.777. The van der Waals surface area contributed by atoms with Crippen LogP contribution in [0.4, 0.5) is 0 Å². The molecule has 0 aromatic carbocycles. The van der Waals surface area contributed by atoms with Crippen LogP contribution in [0.3, 0.4) is 0 Å². The summed E-state index contributed by atoms with van der Waals surface area (Å²) in [5, 5.41) is 2.46. The lowest BCUT2D eigenvalue weighted by molar-refractivity contribution is 0.0831. The molecule has 1 aliphatic carbocycles. The number of rotatable bonds is 4. The summed E-state index contributed by atoms with van der Waals surface area (Å²) in [5.41, 5.74) is 3.79. The topological polar surface area (TPSA) is 18.5 Å². The minimum atomic E-state index is 0.746. The van der Waals surface area contributed by atoms with E-state index < -0.39 is 0 Å². The molecule has 0 spiro atoms. The van der Waals surface area contributed by atoms with Gasteiger partial charge in [0.15, 0.2) is 0 Å². The van der Waals surface area contributed by atoms with E-state index in [1.807, 2.05) is 0 Å². The van der Waals surface area contributed by atoms with Gasteiger partial charge in [-0.15, -0.1) is 0 Å². The zero-order valence-corrected chi connectivity index (χ0v) is 12.3. The average Bonchev–Trinajstić information content (AvgIpc) is 2.59. The molecule has 0 aromatic heterocycles. The summed E-state index contributed by atoms with van der Waals surface area (Å²) in [6.45, 7) is 7.11. The Morgan fingerprint density at radius 2 is 1.78 bits per heavy atom. The second-order valence-electron chi connectivity index (χ2n) is 6.28. The van der Waals surface area contributed by atoms with Gasteiger partial charge in [0.05, 0.1) is 0 Å². The number of nitrogens with zero attached hydrogens (tertiary/aromatic N) is 2. The lowest BCUT2D eigenvalue weighted by Crippen LogP contribution is -2.53. The van der Waals surface area contributed by atoms with Crippen molar-refractivity contribution in [2.45, 2.75) is 57.9 Å². The summed E-state index contributed by atoms with van der Waals surface area (Å²) in [6, 6.07) is 0.746.